The SMILES string of the molecule is CC(Cc1ccccc1)OC(=O)c1cnc(-c2cnn(C)c2)s1. The Labute approximate surface area is 138 Å². The molecule has 1 atom stereocenters. The molecular formula is C17H17N3O2S. The van der Waals surface area contributed by atoms with Gasteiger partial charge >= 0.3 is 5.97 Å². The molecule has 6 heteroatoms. The molecule has 3 rings (SSSR count). The number of aryl methyl sites for hydroxylation is 1. The highest BCUT2D eigenvalue weighted by Crippen LogP contribution is 2.25. The van der Waals surface area contributed by atoms with Gasteiger partial charge in [0.15, 0.2) is 0 Å². The van der Waals surface area contributed by atoms with E-state index in [0.29, 0.717) is 11.3 Å². The van der Waals surface area contributed by atoms with Gasteiger partial charge in [-0.1, -0.05) is 30.3 Å². The van der Waals surface area contributed by atoms with E-state index >= 15 is 0 Å². The molecule has 0 aliphatic carbocycles. The maximum absolute atomic E-state index is 12.2. The Morgan fingerprint density at radius 1 is 1.30 bits per heavy atom. The van der Waals surface area contributed by atoms with Crippen LogP contribution >= 0.6 is 11.3 Å². The molecule has 1 aromatic carbocycles. The lowest BCUT2D eigenvalue weighted by Crippen LogP contribution is -2.16. The Hall–Kier alpha value is -2.47. The van der Waals surface area contributed by atoms with Crippen LogP contribution in [0.2, 0.25) is 0 Å². The van der Waals surface area contributed by atoms with Crippen LogP contribution in [-0.4, -0.2) is 26.8 Å². The van der Waals surface area contributed by atoms with Gasteiger partial charge in [0.05, 0.1) is 12.4 Å². The van der Waals surface area contributed by atoms with Crippen LogP contribution in [0.3, 0.4) is 0 Å². The maximum atomic E-state index is 12.2. The zero-order valence-corrected chi connectivity index (χ0v) is 13.8. The summed E-state index contributed by atoms with van der Waals surface area (Å²) in [6.45, 7) is 1.90. The van der Waals surface area contributed by atoms with E-state index in [0.717, 1.165) is 16.1 Å². The smallest absolute Gasteiger partial charge is 0.350 e. The first-order valence-electron chi connectivity index (χ1n) is 7.31. The van der Waals surface area contributed by atoms with Crippen LogP contribution in [0.15, 0.2) is 48.9 Å². The Morgan fingerprint density at radius 3 is 2.78 bits per heavy atom. The fourth-order valence-corrected chi connectivity index (χ4v) is 3.04. The summed E-state index contributed by atoms with van der Waals surface area (Å²) in [5, 5.41) is 4.87. The van der Waals surface area contributed by atoms with Crippen LogP contribution in [0.1, 0.15) is 22.2 Å². The highest BCUT2D eigenvalue weighted by Gasteiger charge is 2.16. The number of rotatable bonds is 5. The zero-order valence-electron chi connectivity index (χ0n) is 13.0. The Kier molecular flexibility index (Phi) is 4.52. The molecule has 0 fully saturated rings. The van der Waals surface area contributed by atoms with E-state index < -0.39 is 0 Å². The molecule has 0 bridgehead atoms. The topological polar surface area (TPSA) is 57.0 Å². The molecule has 0 spiro atoms. The molecule has 118 valence electrons. The summed E-state index contributed by atoms with van der Waals surface area (Å²) in [5.74, 6) is -0.332. The molecule has 1 unspecified atom stereocenters. The third-order valence-electron chi connectivity index (χ3n) is 3.33. The third-order valence-corrected chi connectivity index (χ3v) is 4.36. The summed E-state index contributed by atoms with van der Waals surface area (Å²) in [6.07, 6.45) is 5.66. The van der Waals surface area contributed by atoms with Gasteiger partial charge in [0.2, 0.25) is 0 Å². The Bertz CT molecular complexity index is 795. The molecular weight excluding hydrogens is 310 g/mol. The standard InChI is InChI=1S/C17H17N3O2S/c1-12(8-13-6-4-3-5-7-13)22-17(21)15-10-18-16(23-15)14-9-19-20(2)11-14/h3-7,9-12H,8H2,1-2H3. The number of aromatic nitrogens is 3. The van der Waals surface area contributed by atoms with Crippen molar-refractivity contribution in [3.63, 3.8) is 0 Å². The van der Waals surface area contributed by atoms with Crippen molar-refractivity contribution in [3.8, 4) is 10.6 Å². The second kappa shape index (κ2) is 6.75. The molecule has 2 aromatic heterocycles. The summed E-state index contributed by atoms with van der Waals surface area (Å²) in [4.78, 5) is 17.0. The predicted molar refractivity (Wildman–Crippen MR) is 89.3 cm³/mol. The van der Waals surface area contributed by atoms with E-state index in [9.17, 15) is 4.79 Å². The summed E-state index contributed by atoms with van der Waals surface area (Å²) >= 11 is 1.32. The van der Waals surface area contributed by atoms with Crippen molar-refractivity contribution in [1.82, 2.24) is 14.8 Å². The lowest BCUT2D eigenvalue weighted by Gasteiger charge is -2.12. The minimum absolute atomic E-state index is 0.186. The Balaban J connectivity index is 1.63. The second-order valence-electron chi connectivity index (χ2n) is 5.34. The normalized spacial score (nSPS) is 12.1. The number of hydrogen-bond donors (Lipinski definition) is 0. The number of nitrogens with zero attached hydrogens (tertiary/aromatic N) is 3. The zero-order chi connectivity index (χ0) is 16.2. The molecule has 2 heterocycles. The van der Waals surface area contributed by atoms with E-state index in [4.69, 9.17) is 4.74 Å². The molecule has 0 aliphatic heterocycles. The fraction of sp³-hybridized carbons (Fsp3) is 0.235. The van der Waals surface area contributed by atoms with Gasteiger partial charge in [-0.05, 0) is 12.5 Å². The number of ether oxygens (including phenoxy) is 1. The molecule has 0 N–H and O–H groups in total. The number of hydrogen-bond acceptors (Lipinski definition) is 5. The summed E-state index contributed by atoms with van der Waals surface area (Å²) < 4.78 is 7.21. The van der Waals surface area contributed by atoms with Crippen LogP contribution in [-0.2, 0) is 18.2 Å². The first-order valence-corrected chi connectivity index (χ1v) is 8.13. The predicted octanol–water partition coefficient (Wildman–Crippen LogP) is 3.33. The average Bonchev–Trinajstić information content (AvgIpc) is 3.16. The van der Waals surface area contributed by atoms with Crippen LogP contribution in [0.5, 0.6) is 0 Å². The van der Waals surface area contributed by atoms with E-state index in [2.05, 4.69) is 10.1 Å². The number of carbonyl (C=O) groups is 1. The van der Waals surface area contributed by atoms with E-state index in [1.807, 2.05) is 50.5 Å². The van der Waals surface area contributed by atoms with Crippen molar-refractivity contribution < 1.29 is 9.53 Å². The number of esters is 1. The molecule has 0 saturated carbocycles. The van der Waals surface area contributed by atoms with Crippen molar-refractivity contribution in [2.24, 2.45) is 7.05 Å². The maximum Gasteiger partial charge on any atom is 0.350 e. The number of carbonyl (C=O) groups excluding carboxylic acids is 1. The fourth-order valence-electron chi connectivity index (χ4n) is 2.26. The third kappa shape index (κ3) is 3.84. The highest BCUT2D eigenvalue weighted by molar-refractivity contribution is 7.16. The van der Waals surface area contributed by atoms with Crippen LogP contribution in [0.25, 0.3) is 10.6 Å². The van der Waals surface area contributed by atoms with Gasteiger partial charge in [-0.25, -0.2) is 9.78 Å². The highest BCUT2D eigenvalue weighted by atomic mass is 32.1. The van der Waals surface area contributed by atoms with Crippen LogP contribution in [0, 0.1) is 0 Å². The molecule has 3 aromatic rings. The molecule has 5 nitrogen and oxygen atoms in total. The Morgan fingerprint density at radius 2 is 2.09 bits per heavy atom. The molecule has 0 amide bonds. The summed E-state index contributed by atoms with van der Waals surface area (Å²) in [6, 6.07) is 9.98. The van der Waals surface area contributed by atoms with Crippen LogP contribution < -0.4 is 0 Å². The van der Waals surface area contributed by atoms with Gasteiger partial charge in [-0.15, -0.1) is 11.3 Å². The van der Waals surface area contributed by atoms with Crippen molar-refractivity contribution in [2.45, 2.75) is 19.4 Å². The molecule has 0 radical (unpaired) electrons. The minimum atomic E-state index is -0.332. The monoisotopic (exact) mass is 327 g/mol. The largest absolute Gasteiger partial charge is 0.458 e. The van der Waals surface area contributed by atoms with E-state index in [1.165, 1.54) is 11.3 Å². The molecule has 0 saturated heterocycles. The first-order chi connectivity index (χ1) is 11.1. The van der Waals surface area contributed by atoms with Crippen LogP contribution in [0.4, 0.5) is 0 Å². The van der Waals surface area contributed by atoms with Gasteiger partial charge in [-0.2, -0.15) is 5.10 Å². The summed E-state index contributed by atoms with van der Waals surface area (Å²) in [7, 11) is 1.84. The van der Waals surface area contributed by atoms with Gasteiger partial charge in [0.1, 0.15) is 16.0 Å². The summed E-state index contributed by atoms with van der Waals surface area (Å²) in [5.41, 5.74) is 2.04. The minimum Gasteiger partial charge on any atom is -0.458 e. The van der Waals surface area contributed by atoms with E-state index in [1.54, 1.807) is 17.1 Å². The van der Waals surface area contributed by atoms with Gasteiger partial charge in [0, 0.05) is 25.2 Å². The first kappa shape index (κ1) is 15.4. The number of benzene rings is 1. The quantitative estimate of drug-likeness (QED) is 0.675. The average molecular weight is 327 g/mol. The van der Waals surface area contributed by atoms with Gasteiger partial charge < -0.3 is 4.74 Å². The van der Waals surface area contributed by atoms with Gasteiger partial charge in [0.25, 0.3) is 0 Å². The van der Waals surface area contributed by atoms with Crippen molar-refractivity contribution >= 4 is 17.3 Å². The number of thiazole rings is 1. The molecule has 23 heavy (non-hydrogen) atoms. The van der Waals surface area contributed by atoms with Crippen molar-refractivity contribution in [2.75, 3.05) is 0 Å². The van der Waals surface area contributed by atoms with Crippen molar-refractivity contribution in [1.29, 1.82) is 0 Å². The lowest BCUT2D eigenvalue weighted by molar-refractivity contribution is 0.0348. The second-order valence-corrected chi connectivity index (χ2v) is 6.37. The van der Waals surface area contributed by atoms with E-state index in [-0.39, 0.29) is 12.1 Å². The molecule has 0 aliphatic rings. The van der Waals surface area contributed by atoms with Gasteiger partial charge in [-0.3, -0.25) is 4.68 Å². The van der Waals surface area contributed by atoms with Crippen molar-refractivity contribution in [3.05, 3.63) is 59.4 Å². The lowest BCUT2D eigenvalue weighted by atomic mass is 10.1.